The topological polar surface area (TPSA) is 0 Å². The molecule has 3 atom stereocenters. The Bertz CT molecular complexity index is 345. The van der Waals surface area contributed by atoms with E-state index in [1.165, 1.54) is 38.5 Å². The molecule has 1 aliphatic carbocycles. The predicted molar refractivity (Wildman–Crippen MR) is 96.5 cm³/mol. The Kier molecular flexibility index (Phi) is 7.01. The number of rotatable bonds is 9. The van der Waals surface area contributed by atoms with Gasteiger partial charge in [-0.25, -0.2) is 0 Å². The fourth-order valence-electron chi connectivity index (χ4n) is 3.80. The first-order valence-electron chi connectivity index (χ1n) is 9.46. The minimum Gasteiger partial charge on any atom is -0.0704 e. The highest BCUT2D eigenvalue weighted by molar-refractivity contribution is 5.34. The molecule has 1 saturated carbocycles. The highest BCUT2D eigenvalue weighted by atomic mass is 14.5. The van der Waals surface area contributed by atoms with Crippen molar-refractivity contribution < 1.29 is 0 Å². The third-order valence-corrected chi connectivity index (χ3v) is 6.27. The van der Waals surface area contributed by atoms with Gasteiger partial charge in [-0.3, -0.25) is 0 Å². The highest BCUT2D eigenvalue weighted by Gasteiger charge is 2.41. The second-order valence-corrected chi connectivity index (χ2v) is 8.58. The molecule has 0 saturated heterocycles. The van der Waals surface area contributed by atoms with E-state index in [2.05, 4.69) is 55.4 Å². The van der Waals surface area contributed by atoms with E-state index in [0.29, 0.717) is 5.41 Å². The molecule has 21 heavy (non-hydrogen) atoms. The molecule has 0 amide bonds. The summed E-state index contributed by atoms with van der Waals surface area (Å²) in [6.07, 6.45) is 8.15. The minimum absolute atomic E-state index is 0.514. The maximum Gasteiger partial charge on any atom is -0.0134 e. The Balaban J connectivity index is 2.46. The maximum atomic E-state index is 2.45. The summed E-state index contributed by atoms with van der Waals surface area (Å²) in [5.74, 6) is 3.47. The van der Waals surface area contributed by atoms with Crippen molar-refractivity contribution in [2.75, 3.05) is 0 Å². The van der Waals surface area contributed by atoms with E-state index < -0.39 is 0 Å². The van der Waals surface area contributed by atoms with Crippen LogP contribution in [0.25, 0.3) is 0 Å². The van der Waals surface area contributed by atoms with Gasteiger partial charge in [0.25, 0.3) is 0 Å². The van der Waals surface area contributed by atoms with Crippen LogP contribution in [0.2, 0.25) is 0 Å². The van der Waals surface area contributed by atoms with Gasteiger partial charge in [0.15, 0.2) is 0 Å². The standard InChI is InChI=1S/C21H40/c1-9-18(14-15(3)4)20-17(6)19(20)13-11-12-16(5)21(7,8)10-2/h15-17,19H,9-14H2,1-8H3. The lowest BCUT2D eigenvalue weighted by Crippen LogP contribution is -2.20. The van der Waals surface area contributed by atoms with Gasteiger partial charge in [-0.05, 0) is 48.3 Å². The first-order valence-corrected chi connectivity index (χ1v) is 9.46. The van der Waals surface area contributed by atoms with Crippen LogP contribution in [0, 0.1) is 29.1 Å². The molecule has 0 radical (unpaired) electrons. The Hall–Kier alpha value is -0.260. The average Bonchev–Trinajstić information content (AvgIpc) is 3.05. The summed E-state index contributed by atoms with van der Waals surface area (Å²) in [6, 6.07) is 0. The SMILES string of the molecule is CCC(CC(C)C)=C1C(C)C1CCCC(C)C(C)(C)CC. The second kappa shape index (κ2) is 7.84. The predicted octanol–water partition coefficient (Wildman–Crippen LogP) is 7.25. The molecule has 124 valence electrons. The number of allylic oxidation sites excluding steroid dienone is 2. The van der Waals surface area contributed by atoms with Crippen LogP contribution in [-0.2, 0) is 0 Å². The molecule has 0 heteroatoms. The lowest BCUT2D eigenvalue weighted by Gasteiger charge is -2.30. The van der Waals surface area contributed by atoms with E-state index in [0.717, 1.165) is 23.7 Å². The third kappa shape index (κ3) is 5.15. The van der Waals surface area contributed by atoms with E-state index in [4.69, 9.17) is 0 Å². The molecular weight excluding hydrogens is 252 g/mol. The Labute approximate surface area is 134 Å². The van der Waals surface area contributed by atoms with Gasteiger partial charge in [0.05, 0.1) is 0 Å². The molecule has 0 heterocycles. The maximum absolute atomic E-state index is 2.45. The van der Waals surface area contributed by atoms with E-state index in [-0.39, 0.29) is 0 Å². The van der Waals surface area contributed by atoms with Crippen LogP contribution < -0.4 is 0 Å². The largest absolute Gasteiger partial charge is 0.0704 e. The first kappa shape index (κ1) is 18.8. The van der Waals surface area contributed by atoms with Crippen LogP contribution in [0.5, 0.6) is 0 Å². The van der Waals surface area contributed by atoms with Crippen LogP contribution in [0.1, 0.15) is 93.9 Å². The van der Waals surface area contributed by atoms with Gasteiger partial charge in [-0.2, -0.15) is 0 Å². The van der Waals surface area contributed by atoms with Crippen molar-refractivity contribution >= 4 is 0 Å². The molecule has 0 aromatic heterocycles. The van der Waals surface area contributed by atoms with Gasteiger partial charge in [0, 0.05) is 0 Å². The van der Waals surface area contributed by atoms with Crippen molar-refractivity contribution in [3.05, 3.63) is 11.1 Å². The van der Waals surface area contributed by atoms with Gasteiger partial charge in [0.1, 0.15) is 0 Å². The molecule has 0 aliphatic heterocycles. The molecule has 1 rings (SSSR count). The van der Waals surface area contributed by atoms with Crippen molar-refractivity contribution in [1.82, 2.24) is 0 Å². The summed E-state index contributed by atoms with van der Waals surface area (Å²) in [5.41, 5.74) is 4.14. The van der Waals surface area contributed by atoms with Gasteiger partial charge in [-0.1, -0.05) is 85.8 Å². The number of hydrogen-bond donors (Lipinski definition) is 0. The summed E-state index contributed by atoms with van der Waals surface area (Å²) in [7, 11) is 0. The van der Waals surface area contributed by atoms with Crippen LogP contribution in [-0.4, -0.2) is 0 Å². The van der Waals surface area contributed by atoms with Crippen LogP contribution in [0.15, 0.2) is 11.1 Å². The Morgan fingerprint density at radius 1 is 1.14 bits per heavy atom. The van der Waals surface area contributed by atoms with Crippen molar-refractivity contribution in [3.8, 4) is 0 Å². The lowest BCUT2D eigenvalue weighted by atomic mass is 9.75. The average molecular weight is 293 g/mol. The van der Waals surface area contributed by atoms with Crippen LogP contribution in [0.4, 0.5) is 0 Å². The zero-order valence-electron chi connectivity index (χ0n) is 16.1. The molecule has 1 fully saturated rings. The molecule has 3 unspecified atom stereocenters. The second-order valence-electron chi connectivity index (χ2n) is 8.58. The van der Waals surface area contributed by atoms with Gasteiger partial charge in [0.2, 0.25) is 0 Å². The molecule has 0 aromatic carbocycles. The van der Waals surface area contributed by atoms with Crippen molar-refractivity contribution in [3.63, 3.8) is 0 Å². The molecule has 0 nitrogen and oxygen atoms in total. The van der Waals surface area contributed by atoms with Gasteiger partial charge < -0.3 is 0 Å². The summed E-state index contributed by atoms with van der Waals surface area (Å²) in [5, 5.41) is 0. The van der Waals surface area contributed by atoms with E-state index in [1.54, 1.807) is 5.57 Å². The quantitative estimate of drug-likeness (QED) is 0.393. The fraction of sp³-hybridized carbons (Fsp3) is 0.905. The van der Waals surface area contributed by atoms with Crippen LogP contribution >= 0.6 is 0 Å². The summed E-state index contributed by atoms with van der Waals surface area (Å²) in [4.78, 5) is 0. The zero-order chi connectivity index (χ0) is 16.2. The lowest BCUT2D eigenvalue weighted by molar-refractivity contribution is 0.204. The molecule has 0 bridgehead atoms. The fourth-order valence-corrected chi connectivity index (χ4v) is 3.80. The van der Waals surface area contributed by atoms with Gasteiger partial charge >= 0.3 is 0 Å². The Morgan fingerprint density at radius 3 is 2.24 bits per heavy atom. The third-order valence-electron chi connectivity index (χ3n) is 6.27. The van der Waals surface area contributed by atoms with Crippen molar-refractivity contribution in [1.29, 1.82) is 0 Å². The molecule has 0 aromatic rings. The van der Waals surface area contributed by atoms with E-state index >= 15 is 0 Å². The smallest absolute Gasteiger partial charge is 0.0134 e. The molecule has 0 N–H and O–H groups in total. The summed E-state index contributed by atoms with van der Waals surface area (Å²) < 4.78 is 0. The highest BCUT2D eigenvalue weighted by Crippen LogP contribution is 2.52. The van der Waals surface area contributed by atoms with Crippen LogP contribution in [0.3, 0.4) is 0 Å². The molecular formula is C21H40. The monoisotopic (exact) mass is 292 g/mol. The van der Waals surface area contributed by atoms with E-state index in [9.17, 15) is 0 Å². The Morgan fingerprint density at radius 2 is 1.76 bits per heavy atom. The van der Waals surface area contributed by atoms with Crippen molar-refractivity contribution in [2.24, 2.45) is 29.1 Å². The summed E-state index contributed by atoms with van der Waals surface area (Å²) >= 11 is 0. The normalized spacial score (nSPS) is 26.1. The minimum atomic E-state index is 0.514. The van der Waals surface area contributed by atoms with Gasteiger partial charge in [-0.15, -0.1) is 0 Å². The van der Waals surface area contributed by atoms with E-state index in [1.807, 2.05) is 5.57 Å². The summed E-state index contributed by atoms with van der Waals surface area (Å²) in [6.45, 7) is 19.2. The number of hydrogen-bond acceptors (Lipinski definition) is 0. The van der Waals surface area contributed by atoms with Crippen molar-refractivity contribution in [2.45, 2.75) is 93.9 Å². The molecule has 1 aliphatic rings. The molecule has 0 spiro atoms. The zero-order valence-corrected chi connectivity index (χ0v) is 16.1. The first-order chi connectivity index (χ1) is 9.74.